The van der Waals surface area contributed by atoms with E-state index in [-0.39, 0.29) is 32.4 Å². The van der Waals surface area contributed by atoms with Gasteiger partial charge in [0.25, 0.3) is 0 Å². The van der Waals surface area contributed by atoms with E-state index in [0.29, 0.717) is 39.5 Å². The van der Waals surface area contributed by atoms with Crippen molar-refractivity contribution in [1.29, 1.82) is 0 Å². The fourth-order valence-corrected chi connectivity index (χ4v) is 8.46. The minimum absolute atomic E-state index is 0.0108. The van der Waals surface area contributed by atoms with E-state index in [1.807, 2.05) is 27.7 Å². The second-order valence-electron chi connectivity index (χ2n) is 7.21. The Bertz CT molecular complexity index is 340. The Morgan fingerprint density at radius 2 is 1.05 bits per heavy atom. The molecule has 4 nitrogen and oxygen atoms in total. The van der Waals surface area contributed by atoms with Gasteiger partial charge in [-0.3, -0.25) is 0 Å². The second-order valence-corrected chi connectivity index (χ2v) is 16.2. The first-order valence-corrected chi connectivity index (χ1v) is 13.6. The van der Waals surface area contributed by atoms with Crippen molar-refractivity contribution in [3.05, 3.63) is 0 Å². The molecular weight excluding hydrogens is 414 g/mol. The molecule has 0 amide bonds. The summed E-state index contributed by atoms with van der Waals surface area (Å²) in [5.41, 5.74) is 0. The molecule has 0 spiro atoms. The second kappa shape index (κ2) is 9.32. The zero-order valence-corrected chi connectivity index (χ0v) is 18.4. The number of hydrogen-bond acceptors (Lipinski definition) is 4. The van der Waals surface area contributed by atoms with Crippen LogP contribution in [0.1, 0.15) is 55.4 Å². The van der Waals surface area contributed by atoms with Gasteiger partial charge in [-0.2, -0.15) is 0 Å². The fraction of sp³-hybridized carbons (Fsp3) is 0.875. The van der Waals surface area contributed by atoms with Crippen LogP contribution in [0.3, 0.4) is 0 Å². The summed E-state index contributed by atoms with van der Waals surface area (Å²) >= 11 is 0.704. The minimum atomic E-state index is -0.138. The van der Waals surface area contributed by atoms with Gasteiger partial charge in [0.2, 0.25) is 0 Å². The van der Waals surface area contributed by atoms with Crippen molar-refractivity contribution < 1.29 is 19.1 Å². The molecule has 0 aliphatic carbocycles. The van der Waals surface area contributed by atoms with Crippen LogP contribution in [0.4, 0.5) is 0 Å². The van der Waals surface area contributed by atoms with Crippen LogP contribution in [0, 0.1) is 11.8 Å². The molecule has 0 rings (SSSR count). The van der Waals surface area contributed by atoms with E-state index in [4.69, 9.17) is 9.47 Å². The van der Waals surface area contributed by atoms with E-state index in [1.165, 1.54) is 0 Å². The molecular formula is C16H30O4Se2. The monoisotopic (exact) mass is 446 g/mol. The third kappa shape index (κ3) is 9.89. The molecule has 0 N–H and O–H groups in total. The van der Waals surface area contributed by atoms with Gasteiger partial charge in [-0.05, 0) is 0 Å². The SMILES string of the molecule is CC(C)C(=O)OCC(C)(C)[Se][Se]C(C)(C)COC(=O)C(C)C. The van der Waals surface area contributed by atoms with Crippen LogP contribution in [-0.4, -0.2) is 51.4 Å². The number of rotatable bonds is 9. The Kier molecular flexibility index (Phi) is 9.31. The molecule has 0 aromatic carbocycles. The van der Waals surface area contributed by atoms with Gasteiger partial charge < -0.3 is 0 Å². The van der Waals surface area contributed by atoms with Gasteiger partial charge >= 0.3 is 146 Å². The van der Waals surface area contributed by atoms with Crippen LogP contribution in [0.5, 0.6) is 0 Å². The first-order valence-electron chi connectivity index (χ1n) is 7.56. The van der Waals surface area contributed by atoms with Crippen molar-refractivity contribution in [2.24, 2.45) is 11.8 Å². The summed E-state index contributed by atoms with van der Waals surface area (Å²) in [5.74, 6) is -0.440. The van der Waals surface area contributed by atoms with E-state index in [9.17, 15) is 9.59 Å². The van der Waals surface area contributed by atoms with Crippen molar-refractivity contribution in [1.82, 2.24) is 0 Å². The van der Waals surface area contributed by atoms with Gasteiger partial charge in [-0.1, -0.05) is 0 Å². The van der Waals surface area contributed by atoms with Crippen LogP contribution in [0.15, 0.2) is 0 Å². The zero-order chi connectivity index (χ0) is 17.6. The molecule has 0 aliphatic heterocycles. The molecule has 0 bridgehead atoms. The Morgan fingerprint density at radius 1 is 0.773 bits per heavy atom. The molecule has 0 unspecified atom stereocenters. The Balaban J connectivity index is 4.26. The molecule has 0 saturated heterocycles. The third-order valence-corrected chi connectivity index (χ3v) is 15.9. The van der Waals surface area contributed by atoms with Gasteiger partial charge in [0.15, 0.2) is 0 Å². The fourth-order valence-electron chi connectivity index (χ4n) is 1.10. The molecule has 0 aliphatic rings. The molecule has 6 heteroatoms. The molecule has 130 valence electrons. The van der Waals surface area contributed by atoms with Gasteiger partial charge in [0.05, 0.1) is 0 Å². The van der Waals surface area contributed by atoms with Crippen LogP contribution in [0.2, 0.25) is 8.63 Å². The average molecular weight is 444 g/mol. The topological polar surface area (TPSA) is 52.6 Å². The number of carbonyl (C=O) groups excluding carboxylic acids is 2. The number of hydrogen-bond donors (Lipinski definition) is 0. The summed E-state index contributed by atoms with van der Waals surface area (Å²) in [7, 11) is 0. The zero-order valence-electron chi connectivity index (χ0n) is 15.0. The summed E-state index contributed by atoms with van der Waals surface area (Å²) in [6, 6.07) is 0. The van der Waals surface area contributed by atoms with Crippen molar-refractivity contribution >= 4 is 38.2 Å². The summed E-state index contributed by atoms with van der Waals surface area (Å²) in [6.07, 6.45) is 0. The summed E-state index contributed by atoms with van der Waals surface area (Å²) in [5, 5.41) is 0. The van der Waals surface area contributed by atoms with Gasteiger partial charge in [-0.15, -0.1) is 0 Å². The van der Waals surface area contributed by atoms with Crippen molar-refractivity contribution in [3.63, 3.8) is 0 Å². The molecule has 0 atom stereocenters. The molecule has 0 aromatic heterocycles. The summed E-state index contributed by atoms with van der Waals surface area (Å²) < 4.78 is 10.8. The average Bonchev–Trinajstić information content (AvgIpc) is 2.40. The summed E-state index contributed by atoms with van der Waals surface area (Å²) in [6.45, 7) is 16.9. The van der Waals surface area contributed by atoms with Gasteiger partial charge in [0.1, 0.15) is 0 Å². The molecule has 0 fully saturated rings. The standard InChI is InChI=1S/C16H30O4Se2/c1-11(2)13(17)19-9-15(5,6)21-22-16(7,8)10-20-14(18)12(3)4/h11-12H,9-10H2,1-8H3. The Morgan fingerprint density at radius 3 is 1.27 bits per heavy atom. The first-order chi connectivity index (χ1) is 9.86. The van der Waals surface area contributed by atoms with E-state index in [1.54, 1.807) is 0 Å². The van der Waals surface area contributed by atoms with Crippen molar-refractivity contribution in [3.8, 4) is 0 Å². The van der Waals surface area contributed by atoms with E-state index < -0.39 is 0 Å². The van der Waals surface area contributed by atoms with Gasteiger partial charge in [-0.25, -0.2) is 0 Å². The molecule has 0 radical (unpaired) electrons. The van der Waals surface area contributed by atoms with Crippen LogP contribution >= 0.6 is 0 Å². The number of esters is 2. The third-order valence-electron chi connectivity index (χ3n) is 2.56. The maximum atomic E-state index is 11.6. The van der Waals surface area contributed by atoms with Crippen LogP contribution in [0.25, 0.3) is 0 Å². The van der Waals surface area contributed by atoms with Gasteiger partial charge in [0, 0.05) is 0 Å². The van der Waals surface area contributed by atoms with E-state index in [2.05, 4.69) is 27.7 Å². The van der Waals surface area contributed by atoms with Crippen LogP contribution < -0.4 is 0 Å². The van der Waals surface area contributed by atoms with Crippen LogP contribution in [-0.2, 0) is 19.1 Å². The number of ether oxygens (including phenoxy) is 2. The van der Waals surface area contributed by atoms with Crippen molar-refractivity contribution in [2.75, 3.05) is 13.2 Å². The maximum absolute atomic E-state index is 11.6. The van der Waals surface area contributed by atoms with E-state index >= 15 is 0 Å². The Labute approximate surface area is 146 Å². The first kappa shape index (κ1) is 22.0. The predicted molar refractivity (Wildman–Crippen MR) is 91.2 cm³/mol. The molecule has 0 aromatic rings. The molecule has 22 heavy (non-hydrogen) atoms. The van der Waals surface area contributed by atoms with Crippen molar-refractivity contribution in [2.45, 2.75) is 64.0 Å². The predicted octanol–water partition coefficient (Wildman–Crippen LogP) is 3.11. The molecule has 0 saturated carbocycles. The van der Waals surface area contributed by atoms with E-state index in [0.717, 1.165) is 0 Å². The quantitative estimate of drug-likeness (QED) is 0.405. The Hall–Kier alpha value is -0.0210. The molecule has 0 heterocycles. The summed E-state index contributed by atoms with van der Waals surface area (Å²) in [4.78, 5) is 23.1. The normalized spacial score (nSPS) is 12.6. The number of carbonyl (C=O) groups is 2.